The number of halogens is 2. The van der Waals surface area contributed by atoms with E-state index < -0.39 is 18.4 Å². The molecule has 96 valence electrons. The Balaban J connectivity index is 2.63. The maximum Gasteiger partial charge on any atom is 0.229 e. The van der Waals surface area contributed by atoms with Crippen LogP contribution in [0, 0.1) is 11.6 Å². The average Bonchev–Trinajstić information content (AvgIpc) is 2.33. The number of rotatable bonds is 2. The number of benzene rings is 1. The molecule has 1 aliphatic heterocycles. The van der Waals surface area contributed by atoms with Crippen molar-refractivity contribution in [2.24, 2.45) is 0 Å². The van der Waals surface area contributed by atoms with Crippen LogP contribution < -0.4 is 0 Å². The number of aliphatic hydroxyl groups is 1. The lowest BCUT2D eigenvalue weighted by atomic mass is 9.97. The van der Waals surface area contributed by atoms with Crippen LogP contribution in [0.4, 0.5) is 8.78 Å². The molecule has 0 saturated carbocycles. The van der Waals surface area contributed by atoms with Gasteiger partial charge in [-0.2, -0.15) is 0 Å². The number of carbonyl (C=O) groups is 1. The second-order valence-corrected chi connectivity index (χ2v) is 4.19. The second kappa shape index (κ2) is 4.86. The van der Waals surface area contributed by atoms with Gasteiger partial charge in [0.2, 0.25) is 5.91 Å². The van der Waals surface area contributed by atoms with Gasteiger partial charge in [-0.25, -0.2) is 8.78 Å². The van der Waals surface area contributed by atoms with E-state index in [1.165, 1.54) is 6.07 Å². The van der Waals surface area contributed by atoms with Crippen LogP contribution in [0.3, 0.4) is 0 Å². The Hall–Kier alpha value is -1.75. The van der Waals surface area contributed by atoms with Crippen molar-refractivity contribution < 1.29 is 18.7 Å². The molecule has 0 atom stereocenters. The summed E-state index contributed by atoms with van der Waals surface area (Å²) in [5, 5.41) is 9.22. The van der Waals surface area contributed by atoms with E-state index in [9.17, 15) is 18.7 Å². The van der Waals surface area contributed by atoms with Gasteiger partial charge >= 0.3 is 0 Å². The topological polar surface area (TPSA) is 40.5 Å². The van der Waals surface area contributed by atoms with Gasteiger partial charge in [-0.1, -0.05) is 6.07 Å². The summed E-state index contributed by atoms with van der Waals surface area (Å²) < 4.78 is 27.5. The number of hydrogen-bond donors (Lipinski definition) is 1. The van der Waals surface area contributed by atoms with Gasteiger partial charge in [0.1, 0.15) is 18.4 Å². The highest BCUT2D eigenvalue weighted by molar-refractivity contribution is 5.90. The number of allylic oxidation sites excluding steroid dienone is 1. The van der Waals surface area contributed by atoms with Gasteiger partial charge < -0.3 is 5.11 Å². The second-order valence-electron chi connectivity index (χ2n) is 4.19. The highest BCUT2D eigenvalue weighted by atomic mass is 19.1. The zero-order valence-electron chi connectivity index (χ0n) is 9.91. The maximum atomic E-state index is 13.8. The Morgan fingerprint density at radius 3 is 2.44 bits per heavy atom. The SMILES string of the molecule is CC1=C(c2c(F)cccc2F)N(CO)C(=O)CC1. The van der Waals surface area contributed by atoms with Crippen molar-refractivity contribution in [1.82, 2.24) is 4.90 Å². The van der Waals surface area contributed by atoms with Gasteiger partial charge in [0.05, 0.1) is 11.3 Å². The molecule has 0 aliphatic carbocycles. The quantitative estimate of drug-likeness (QED) is 0.878. The fourth-order valence-electron chi connectivity index (χ4n) is 2.12. The first-order valence-corrected chi connectivity index (χ1v) is 5.61. The standard InChI is InChI=1S/C13H13F2NO2/c1-8-5-6-11(18)16(7-17)13(8)12-9(14)3-2-4-10(12)15/h2-4,17H,5-7H2,1H3. The van der Waals surface area contributed by atoms with Crippen molar-refractivity contribution in [2.75, 3.05) is 6.73 Å². The molecule has 1 N–H and O–H groups in total. The molecule has 0 spiro atoms. The summed E-state index contributed by atoms with van der Waals surface area (Å²) in [4.78, 5) is 12.7. The van der Waals surface area contributed by atoms with E-state index in [1.807, 2.05) is 0 Å². The summed E-state index contributed by atoms with van der Waals surface area (Å²) in [5.41, 5.74) is 0.578. The minimum Gasteiger partial charge on any atom is -0.376 e. The normalized spacial score (nSPS) is 16.4. The number of hydrogen-bond acceptors (Lipinski definition) is 2. The molecule has 0 saturated heterocycles. The van der Waals surface area contributed by atoms with Crippen LogP contribution in [0.1, 0.15) is 25.3 Å². The Morgan fingerprint density at radius 2 is 1.89 bits per heavy atom. The number of nitrogens with zero attached hydrogens (tertiary/aromatic N) is 1. The molecule has 1 amide bonds. The fourth-order valence-corrected chi connectivity index (χ4v) is 2.12. The molecule has 0 aromatic heterocycles. The van der Waals surface area contributed by atoms with Crippen LogP contribution in [0.2, 0.25) is 0 Å². The highest BCUT2D eigenvalue weighted by Gasteiger charge is 2.28. The molecular formula is C13H13F2NO2. The fraction of sp³-hybridized carbons (Fsp3) is 0.308. The molecule has 0 radical (unpaired) electrons. The van der Waals surface area contributed by atoms with E-state index in [1.54, 1.807) is 6.92 Å². The summed E-state index contributed by atoms with van der Waals surface area (Å²) in [5.74, 6) is -1.81. The predicted octanol–water partition coefficient (Wildman–Crippen LogP) is 2.27. The summed E-state index contributed by atoms with van der Waals surface area (Å²) in [6.45, 7) is 1.12. The minimum absolute atomic E-state index is 0.143. The summed E-state index contributed by atoms with van der Waals surface area (Å²) >= 11 is 0. The van der Waals surface area contributed by atoms with E-state index >= 15 is 0 Å². The number of amides is 1. The summed E-state index contributed by atoms with van der Waals surface area (Å²) in [6, 6.07) is 3.53. The van der Waals surface area contributed by atoms with Crippen LogP contribution >= 0.6 is 0 Å². The van der Waals surface area contributed by atoms with Crippen molar-refractivity contribution in [3.63, 3.8) is 0 Å². The predicted molar refractivity (Wildman–Crippen MR) is 62.1 cm³/mol. The van der Waals surface area contributed by atoms with Crippen molar-refractivity contribution >= 4 is 11.6 Å². The third-order valence-corrected chi connectivity index (χ3v) is 3.03. The lowest BCUT2D eigenvalue weighted by Gasteiger charge is -2.30. The van der Waals surface area contributed by atoms with E-state index in [2.05, 4.69) is 0 Å². The molecule has 1 aromatic carbocycles. The van der Waals surface area contributed by atoms with E-state index in [4.69, 9.17) is 0 Å². The van der Waals surface area contributed by atoms with Crippen LogP contribution in [-0.2, 0) is 4.79 Å². The average molecular weight is 253 g/mol. The minimum atomic E-state index is -0.738. The molecule has 1 aromatic rings. The Labute approximate surface area is 103 Å². The molecule has 1 heterocycles. The van der Waals surface area contributed by atoms with Gasteiger partial charge in [0.25, 0.3) is 0 Å². The summed E-state index contributed by atoms with van der Waals surface area (Å²) in [7, 11) is 0. The van der Waals surface area contributed by atoms with Crippen LogP contribution in [-0.4, -0.2) is 22.6 Å². The zero-order valence-corrected chi connectivity index (χ0v) is 9.91. The Kier molecular flexibility index (Phi) is 3.43. The molecule has 0 bridgehead atoms. The lowest BCUT2D eigenvalue weighted by Crippen LogP contribution is -2.34. The monoisotopic (exact) mass is 253 g/mol. The van der Waals surface area contributed by atoms with Crippen molar-refractivity contribution in [3.05, 3.63) is 41.0 Å². The molecular weight excluding hydrogens is 240 g/mol. The smallest absolute Gasteiger partial charge is 0.229 e. The third-order valence-electron chi connectivity index (χ3n) is 3.03. The van der Waals surface area contributed by atoms with E-state index in [0.717, 1.165) is 17.0 Å². The molecule has 18 heavy (non-hydrogen) atoms. The zero-order chi connectivity index (χ0) is 13.3. The first-order valence-electron chi connectivity index (χ1n) is 5.61. The van der Waals surface area contributed by atoms with Crippen molar-refractivity contribution in [3.8, 4) is 0 Å². The van der Waals surface area contributed by atoms with Gasteiger partial charge in [0.15, 0.2) is 0 Å². The van der Waals surface area contributed by atoms with Crippen molar-refractivity contribution in [1.29, 1.82) is 0 Å². The Morgan fingerprint density at radius 1 is 1.28 bits per heavy atom. The first kappa shape index (κ1) is 12.7. The maximum absolute atomic E-state index is 13.8. The highest BCUT2D eigenvalue weighted by Crippen LogP contribution is 2.33. The van der Waals surface area contributed by atoms with E-state index in [0.29, 0.717) is 12.0 Å². The molecule has 5 heteroatoms. The molecule has 0 unspecified atom stereocenters. The third kappa shape index (κ3) is 2.01. The lowest BCUT2D eigenvalue weighted by molar-refractivity contribution is -0.131. The van der Waals surface area contributed by atoms with Crippen LogP contribution in [0.15, 0.2) is 23.8 Å². The van der Waals surface area contributed by atoms with Crippen molar-refractivity contribution in [2.45, 2.75) is 19.8 Å². The molecule has 1 aliphatic rings. The van der Waals surface area contributed by atoms with E-state index in [-0.39, 0.29) is 23.6 Å². The first-order chi connectivity index (χ1) is 8.56. The van der Waals surface area contributed by atoms with Gasteiger partial charge in [-0.05, 0) is 31.1 Å². The van der Waals surface area contributed by atoms with Gasteiger partial charge in [0, 0.05) is 6.42 Å². The molecule has 0 fully saturated rings. The largest absolute Gasteiger partial charge is 0.376 e. The number of aliphatic hydroxyl groups excluding tert-OH is 1. The van der Waals surface area contributed by atoms with Gasteiger partial charge in [-0.3, -0.25) is 9.69 Å². The Bertz CT molecular complexity index is 505. The van der Waals surface area contributed by atoms with Crippen LogP contribution in [0.5, 0.6) is 0 Å². The molecule has 3 nitrogen and oxygen atoms in total. The van der Waals surface area contributed by atoms with Gasteiger partial charge in [-0.15, -0.1) is 0 Å². The number of carbonyl (C=O) groups excluding carboxylic acids is 1. The van der Waals surface area contributed by atoms with Crippen LogP contribution in [0.25, 0.3) is 5.70 Å². The molecule has 2 rings (SSSR count). The summed E-state index contributed by atoms with van der Waals surface area (Å²) in [6.07, 6.45) is 0.685.